The third-order valence-corrected chi connectivity index (χ3v) is 4.70. The summed E-state index contributed by atoms with van der Waals surface area (Å²) in [6.45, 7) is 1.36. The standard InChI is InChI=1S/C20H32N4O2.HI/c1-21-20(22-14-12-16-8-10-18(26-2)11-9-16)23-15-13-19(25)24-17-6-4-3-5-7-17;/h8-11,17H,3-7,12-15H2,1-2H3,(H,24,25)(H2,21,22,23);1H. The van der Waals surface area contributed by atoms with Crippen molar-refractivity contribution in [3.05, 3.63) is 29.8 Å². The lowest BCUT2D eigenvalue weighted by atomic mass is 9.95. The van der Waals surface area contributed by atoms with Crippen molar-refractivity contribution in [2.24, 2.45) is 4.99 Å². The van der Waals surface area contributed by atoms with Gasteiger partial charge in [-0.3, -0.25) is 9.79 Å². The predicted molar refractivity (Wildman–Crippen MR) is 121 cm³/mol. The van der Waals surface area contributed by atoms with Crippen LogP contribution in [0.4, 0.5) is 0 Å². The highest BCUT2D eigenvalue weighted by Gasteiger charge is 2.15. The fraction of sp³-hybridized carbons (Fsp3) is 0.600. The molecule has 27 heavy (non-hydrogen) atoms. The van der Waals surface area contributed by atoms with Gasteiger partial charge in [-0.15, -0.1) is 24.0 Å². The Morgan fingerprint density at radius 3 is 2.41 bits per heavy atom. The first-order valence-corrected chi connectivity index (χ1v) is 9.58. The van der Waals surface area contributed by atoms with Crippen molar-refractivity contribution in [3.8, 4) is 5.75 Å². The highest BCUT2D eigenvalue weighted by atomic mass is 127. The Morgan fingerprint density at radius 2 is 1.78 bits per heavy atom. The van der Waals surface area contributed by atoms with Crippen LogP contribution in [0.1, 0.15) is 44.1 Å². The third-order valence-electron chi connectivity index (χ3n) is 4.70. The molecule has 0 aliphatic heterocycles. The average molecular weight is 488 g/mol. The van der Waals surface area contributed by atoms with Gasteiger partial charge in [-0.1, -0.05) is 31.4 Å². The predicted octanol–water partition coefficient (Wildman–Crippen LogP) is 2.86. The summed E-state index contributed by atoms with van der Waals surface area (Å²) < 4.78 is 5.16. The zero-order valence-electron chi connectivity index (χ0n) is 16.4. The van der Waals surface area contributed by atoms with Crippen LogP contribution in [-0.4, -0.2) is 45.2 Å². The molecule has 1 aliphatic rings. The molecule has 0 unspecified atom stereocenters. The monoisotopic (exact) mass is 488 g/mol. The zero-order chi connectivity index (χ0) is 18.6. The largest absolute Gasteiger partial charge is 0.497 e. The van der Waals surface area contributed by atoms with E-state index in [9.17, 15) is 4.79 Å². The van der Waals surface area contributed by atoms with E-state index >= 15 is 0 Å². The maximum Gasteiger partial charge on any atom is 0.221 e. The molecule has 0 atom stereocenters. The molecule has 0 saturated heterocycles. The van der Waals surface area contributed by atoms with Crippen LogP contribution in [0.2, 0.25) is 0 Å². The SMILES string of the molecule is CN=C(NCCC(=O)NC1CCCCC1)NCCc1ccc(OC)cc1.I. The number of guanidine groups is 1. The molecule has 0 aromatic heterocycles. The summed E-state index contributed by atoms with van der Waals surface area (Å²) in [7, 11) is 3.41. The molecule has 0 spiro atoms. The lowest BCUT2D eigenvalue weighted by Gasteiger charge is -2.22. The lowest BCUT2D eigenvalue weighted by molar-refractivity contribution is -0.121. The molecule has 1 aromatic carbocycles. The Labute approximate surface area is 179 Å². The number of halogens is 1. The van der Waals surface area contributed by atoms with E-state index in [1.807, 2.05) is 12.1 Å². The van der Waals surface area contributed by atoms with Crippen molar-refractivity contribution in [1.29, 1.82) is 0 Å². The highest BCUT2D eigenvalue weighted by molar-refractivity contribution is 14.0. The van der Waals surface area contributed by atoms with Gasteiger partial charge < -0.3 is 20.7 Å². The molecule has 0 heterocycles. The van der Waals surface area contributed by atoms with E-state index in [0.29, 0.717) is 19.0 Å². The van der Waals surface area contributed by atoms with E-state index in [1.165, 1.54) is 24.8 Å². The van der Waals surface area contributed by atoms with Crippen LogP contribution in [0, 0.1) is 0 Å². The van der Waals surface area contributed by atoms with Crippen LogP contribution in [0.25, 0.3) is 0 Å². The van der Waals surface area contributed by atoms with Crippen molar-refractivity contribution in [3.63, 3.8) is 0 Å². The zero-order valence-corrected chi connectivity index (χ0v) is 18.8. The molecule has 2 rings (SSSR count). The van der Waals surface area contributed by atoms with Crippen LogP contribution >= 0.6 is 24.0 Å². The summed E-state index contributed by atoms with van der Waals surface area (Å²) in [6, 6.07) is 8.43. The topological polar surface area (TPSA) is 74.8 Å². The van der Waals surface area contributed by atoms with Gasteiger partial charge >= 0.3 is 0 Å². The summed E-state index contributed by atoms with van der Waals surface area (Å²) in [5.74, 6) is 1.72. The van der Waals surface area contributed by atoms with Crippen LogP contribution < -0.4 is 20.7 Å². The lowest BCUT2D eigenvalue weighted by Crippen LogP contribution is -2.41. The summed E-state index contributed by atoms with van der Waals surface area (Å²) in [4.78, 5) is 16.2. The summed E-state index contributed by atoms with van der Waals surface area (Å²) >= 11 is 0. The Balaban J connectivity index is 0.00000364. The number of carbonyl (C=O) groups excluding carboxylic acids is 1. The summed E-state index contributed by atoms with van der Waals surface area (Å²) in [6.07, 6.45) is 7.36. The number of nitrogens with one attached hydrogen (secondary N) is 3. The minimum Gasteiger partial charge on any atom is -0.497 e. The first-order chi connectivity index (χ1) is 12.7. The third kappa shape index (κ3) is 9.30. The Morgan fingerprint density at radius 1 is 1.11 bits per heavy atom. The summed E-state index contributed by atoms with van der Waals surface area (Å²) in [5, 5.41) is 9.61. The molecule has 1 saturated carbocycles. The van der Waals surface area contributed by atoms with Crippen molar-refractivity contribution in [1.82, 2.24) is 16.0 Å². The van der Waals surface area contributed by atoms with E-state index in [0.717, 1.165) is 37.5 Å². The fourth-order valence-corrected chi connectivity index (χ4v) is 3.18. The molecule has 1 aliphatic carbocycles. The number of benzene rings is 1. The molecule has 1 aromatic rings. The van der Waals surface area contributed by atoms with Gasteiger partial charge in [0.05, 0.1) is 7.11 Å². The number of ether oxygens (including phenoxy) is 1. The number of rotatable bonds is 8. The second-order valence-electron chi connectivity index (χ2n) is 6.68. The molecule has 1 amide bonds. The number of hydrogen-bond acceptors (Lipinski definition) is 3. The Kier molecular flexibility index (Phi) is 11.9. The second-order valence-corrected chi connectivity index (χ2v) is 6.68. The molecule has 0 bridgehead atoms. The molecule has 0 radical (unpaired) electrons. The quantitative estimate of drug-likeness (QED) is 0.299. The van der Waals surface area contributed by atoms with Gasteiger partial charge in [0, 0.05) is 32.6 Å². The van der Waals surface area contributed by atoms with Crippen molar-refractivity contribution in [2.45, 2.75) is 51.0 Å². The first kappa shape index (κ1) is 23.5. The van der Waals surface area contributed by atoms with Gasteiger partial charge in [-0.25, -0.2) is 0 Å². The van der Waals surface area contributed by atoms with Crippen LogP contribution in [0.5, 0.6) is 5.75 Å². The van der Waals surface area contributed by atoms with E-state index < -0.39 is 0 Å². The van der Waals surface area contributed by atoms with E-state index in [2.05, 4.69) is 33.1 Å². The number of aliphatic imine (C=N–C) groups is 1. The van der Waals surface area contributed by atoms with Crippen molar-refractivity contribution in [2.75, 3.05) is 27.2 Å². The molecule has 6 nitrogen and oxygen atoms in total. The minimum absolute atomic E-state index is 0. The van der Waals surface area contributed by atoms with E-state index in [4.69, 9.17) is 4.74 Å². The van der Waals surface area contributed by atoms with Gasteiger partial charge in [0.25, 0.3) is 0 Å². The molecule has 7 heteroatoms. The summed E-state index contributed by atoms with van der Waals surface area (Å²) in [5.41, 5.74) is 1.24. The van der Waals surface area contributed by atoms with E-state index in [1.54, 1.807) is 14.2 Å². The molecule has 1 fully saturated rings. The Bertz CT molecular complexity index is 572. The fourth-order valence-electron chi connectivity index (χ4n) is 3.18. The van der Waals surface area contributed by atoms with Gasteiger partial charge in [0.15, 0.2) is 5.96 Å². The normalized spacial score (nSPS) is 14.8. The molecular weight excluding hydrogens is 455 g/mol. The number of carbonyl (C=O) groups is 1. The average Bonchev–Trinajstić information content (AvgIpc) is 2.68. The number of nitrogens with zero attached hydrogens (tertiary/aromatic N) is 1. The maximum absolute atomic E-state index is 12.0. The van der Waals surface area contributed by atoms with Crippen LogP contribution in [0.15, 0.2) is 29.3 Å². The number of amides is 1. The molecular formula is C20H33IN4O2. The van der Waals surface area contributed by atoms with Crippen molar-refractivity contribution >= 4 is 35.8 Å². The molecule has 152 valence electrons. The van der Waals surface area contributed by atoms with Gasteiger partial charge in [-0.2, -0.15) is 0 Å². The maximum atomic E-state index is 12.0. The number of hydrogen-bond donors (Lipinski definition) is 3. The highest BCUT2D eigenvalue weighted by Crippen LogP contribution is 2.17. The molecule has 3 N–H and O–H groups in total. The minimum atomic E-state index is 0. The van der Waals surface area contributed by atoms with Gasteiger partial charge in [-0.05, 0) is 37.0 Å². The van der Waals surface area contributed by atoms with Gasteiger partial charge in [0.2, 0.25) is 5.91 Å². The second kappa shape index (κ2) is 13.6. The Hall–Kier alpha value is -1.51. The van der Waals surface area contributed by atoms with Gasteiger partial charge in [0.1, 0.15) is 5.75 Å². The smallest absolute Gasteiger partial charge is 0.221 e. The number of methoxy groups -OCH3 is 1. The first-order valence-electron chi connectivity index (χ1n) is 9.58. The van der Waals surface area contributed by atoms with Crippen LogP contribution in [0.3, 0.4) is 0 Å². The van der Waals surface area contributed by atoms with Crippen molar-refractivity contribution < 1.29 is 9.53 Å². The van der Waals surface area contributed by atoms with Crippen LogP contribution in [-0.2, 0) is 11.2 Å². The van der Waals surface area contributed by atoms with E-state index in [-0.39, 0.29) is 29.9 Å².